The smallest absolute Gasteiger partial charge is 0.119 e. The van der Waals surface area contributed by atoms with E-state index in [1.807, 2.05) is 55.4 Å². The van der Waals surface area contributed by atoms with Crippen LogP contribution >= 0.6 is 0 Å². The number of pyridine rings is 1. The van der Waals surface area contributed by atoms with Crippen molar-refractivity contribution in [2.24, 2.45) is 0 Å². The molecule has 5 rings (SSSR count). The molecule has 0 radical (unpaired) electrons. The lowest BCUT2D eigenvalue weighted by molar-refractivity contribution is 0.261. The first-order chi connectivity index (χ1) is 15.7. The Kier molecular flexibility index (Phi) is 5.73. The first kappa shape index (κ1) is 20.5. The topological polar surface area (TPSA) is 43.2 Å². The molecule has 0 N–H and O–H groups in total. The molecule has 2 aromatic heterocycles. The predicted molar refractivity (Wildman–Crippen MR) is 128 cm³/mol. The van der Waals surface area contributed by atoms with Gasteiger partial charge in [0.1, 0.15) is 18.1 Å². The van der Waals surface area contributed by atoms with Gasteiger partial charge < -0.3 is 9.64 Å². The van der Waals surface area contributed by atoms with Gasteiger partial charge in [0.25, 0.3) is 0 Å². The molecule has 32 heavy (non-hydrogen) atoms. The summed E-state index contributed by atoms with van der Waals surface area (Å²) in [5.74, 6) is 0.871. The Balaban J connectivity index is 1.49. The fraction of sp³-hybridized carbons (Fsp3) is 0.259. The number of hydrogen-bond acceptors (Lipinski definition) is 4. The number of ether oxygens (including phenoxy) is 1. The molecule has 2 heterocycles. The number of fused-ring (bicyclic) bond motifs is 1. The van der Waals surface area contributed by atoms with Gasteiger partial charge in [-0.15, -0.1) is 0 Å². The molecule has 0 amide bonds. The quantitative estimate of drug-likeness (QED) is 0.417. The van der Waals surface area contributed by atoms with Gasteiger partial charge >= 0.3 is 0 Å². The minimum absolute atomic E-state index is 0.669. The number of rotatable bonds is 7. The van der Waals surface area contributed by atoms with Crippen molar-refractivity contribution in [3.63, 3.8) is 0 Å². The number of likely N-dealkylation sites (N-methyl/N-ethyl adjacent to an activating group) is 1. The lowest BCUT2D eigenvalue weighted by Gasteiger charge is -2.11. The van der Waals surface area contributed by atoms with E-state index in [2.05, 4.69) is 46.4 Å². The molecule has 0 aliphatic heterocycles. The maximum atomic E-state index is 5.84. The first-order valence-corrected chi connectivity index (χ1v) is 11.2. The molecular formula is C27H28N4O. The molecular weight excluding hydrogens is 396 g/mol. The van der Waals surface area contributed by atoms with Crippen molar-refractivity contribution in [1.29, 1.82) is 0 Å². The minimum atomic E-state index is 0.669. The van der Waals surface area contributed by atoms with E-state index in [-0.39, 0.29) is 0 Å². The van der Waals surface area contributed by atoms with E-state index in [9.17, 15) is 0 Å². The Labute approximate surface area is 189 Å². The monoisotopic (exact) mass is 424 g/mol. The maximum absolute atomic E-state index is 5.84. The highest BCUT2D eigenvalue weighted by Gasteiger charge is 2.17. The van der Waals surface area contributed by atoms with Crippen LogP contribution in [0.5, 0.6) is 5.75 Å². The Hall–Kier alpha value is -3.44. The molecule has 0 unspecified atom stereocenters. The van der Waals surface area contributed by atoms with Gasteiger partial charge in [-0.05, 0) is 92.5 Å². The molecule has 4 aromatic rings. The van der Waals surface area contributed by atoms with E-state index < -0.39 is 0 Å². The number of benzene rings is 2. The molecule has 0 saturated carbocycles. The van der Waals surface area contributed by atoms with Crippen molar-refractivity contribution in [2.75, 3.05) is 27.2 Å². The fourth-order valence-electron chi connectivity index (χ4n) is 4.22. The fourth-order valence-corrected chi connectivity index (χ4v) is 4.22. The molecule has 0 fully saturated rings. The summed E-state index contributed by atoms with van der Waals surface area (Å²) in [7, 11) is 4.09. The standard InChI is InChI=1S/C27H28N4O/c1-30(2)16-17-32-25-10-8-24(9-11-25)31-19-26(21-12-14-28-15-13-21)27(29-31)23-7-6-20-4-3-5-22(20)18-23/h6-15,18-19H,3-5,16-17H2,1-2H3. The molecule has 1 aliphatic carbocycles. The lowest BCUT2D eigenvalue weighted by Crippen LogP contribution is -2.19. The molecule has 0 atom stereocenters. The third-order valence-electron chi connectivity index (χ3n) is 5.99. The summed E-state index contributed by atoms with van der Waals surface area (Å²) in [5.41, 5.74) is 8.33. The molecule has 0 bridgehead atoms. The van der Waals surface area contributed by atoms with Gasteiger partial charge in [-0.25, -0.2) is 4.68 Å². The molecule has 0 spiro atoms. The van der Waals surface area contributed by atoms with Crippen LogP contribution in [0.2, 0.25) is 0 Å². The van der Waals surface area contributed by atoms with Crippen LogP contribution in [-0.2, 0) is 12.8 Å². The average Bonchev–Trinajstić information content (AvgIpc) is 3.47. The molecule has 5 heteroatoms. The van der Waals surface area contributed by atoms with Crippen molar-refractivity contribution in [2.45, 2.75) is 19.3 Å². The van der Waals surface area contributed by atoms with Crippen LogP contribution in [0.4, 0.5) is 0 Å². The summed E-state index contributed by atoms with van der Waals surface area (Å²) in [4.78, 5) is 6.30. The van der Waals surface area contributed by atoms with E-state index in [4.69, 9.17) is 9.84 Å². The molecule has 2 aromatic carbocycles. The first-order valence-electron chi connectivity index (χ1n) is 11.2. The number of aromatic nitrogens is 3. The van der Waals surface area contributed by atoms with Crippen molar-refractivity contribution in [3.05, 3.63) is 84.3 Å². The highest BCUT2D eigenvalue weighted by molar-refractivity contribution is 5.81. The Morgan fingerprint density at radius 2 is 1.69 bits per heavy atom. The van der Waals surface area contributed by atoms with Gasteiger partial charge in [0.05, 0.1) is 5.69 Å². The highest BCUT2D eigenvalue weighted by atomic mass is 16.5. The lowest BCUT2D eigenvalue weighted by atomic mass is 9.99. The largest absolute Gasteiger partial charge is 0.492 e. The Morgan fingerprint density at radius 3 is 2.47 bits per heavy atom. The van der Waals surface area contributed by atoms with Gasteiger partial charge in [0.15, 0.2) is 0 Å². The number of nitrogens with zero attached hydrogens (tertiary/aromatic N) is 4. The Bertz CT molecular complexity index is 1200. The normalized spacial score (nSPS) is 12.8. The van der Waals surface area contributed by atoms with Crippen molar-refractivity contribution < 1.29 is 4.74 Å². The molecule has 5 nitrogen and oxygen atoms in total. The second-order valence-electron chi connectivity index (χ2n) is 8.55. The predicted octanol–water partition coefficient (Wildman–Crippen LogP) is 5.03. The number of hydrogen-bond donors (Lipinski definition) is 0. The second kappa shape index (κ2) is 8.97. The number of aryl methyl sites for hydroxylation is 2. The van der Waals surface area contributed by atoms with E-state index in [0.717, 1.165) is 41.2 Å². The van der Waals surface area contributed by atoms with E-state index in [1.165, 1.54) is 29.5 Å². The van der Waals surface area contributed by atoms with Crippen LogP contribution in [0.15, 0.2) is 73.2 Å². The molecule has 0 saturated heterocycles. The van der Waals surface area contributed by atoms with E-state index in [1.54, 1.807) is 0 Å². The maximum Gasteiger partial charge on any atom is 0.119 e. The molecule has 1 aliphatic rings. The van der Waals surface area contributed by atoms with Crippen LogP contribution in [0.3, 0.4) is 0 Å². The Morgan fingerprint density at radius 1 is 0.906 bits per heavy atom. The van der Waals surface area contributed by atoms with Crippen molar-refractivity contribution >= 4 is 0 Å². The molecule has 162 valence electrons. The minimum Gasteiger partial charge on any atom is -0.492 e. The average molecular weight is 425 g/mol. The van der Waals surface area contributed by atoms with Gasteiger partial charge in [-0.3, -0.25) is 4.98 Å². The third kappa shape index (κ3) is 4.30. The zero-order chi connectivity index (χ0) is 21.9. The summed E-state index contributed by atoms with van der Waals surface area (Å²) in [6.45, 7) is 1.56. The van der Waals surface area contributed by atoms with E-state index >= 15 is 0 Å². The van der Waals surface area contributed by atoms with Crippen LogP contribution < -0.4 is 4.74 Å². The van der Waals surface area contributed by atoms with Gasteiger partial charge in [0, 0.05) is 36.3 Å². The van der Waals surface area contributed by atoms with Crippen LogP contribution in [0, 0.1) is 0 Å². The summed E-state index contributed by atoms with van der Waals surface area (Å²) >= 11 is 0. The van der Waals surface area contributed by atoms with Gasteiger partial charge in [0.2, 0.25) is 0 Å². The highest BCUT2D eigenvalue weighted by Crippen LogP contribution is 2.34. The summed E-state index contributed by atoms with van der Waals surface area (Å²) in [6, 6.07) is 19.0. The second-order valence-corrected chi connectivity index (χ2v) is 8.55. The van der Waals surface area contributed by atoms with Gasteiger partial charge in [-0.2, -0.15) is 5.10 Å². The van der Waals surface area contributed by atoms with Gasteiger partial charge in [-0.1, -0.05) is 12.1 Å². The SMILES string of the molecule is CN(C)CCOc1ccc(-n2cc(-c3ccncc3)c(-c3ccc4c(c3)CCC4)n2)cc1. The van der Waals surface area contributed by atoms with E-state index in [0.29, 0.717) is 6.61 Å². The van der Waals surface area contributed by atoms with Crippen LogP contribution in [-0.4, -0.2) is 46.9 Å². The third-order valence-corrected chi connectivity index (χ3v) is 5.99. The summed E-state index contributed by atoms with van der Waals surface area (Å²) in [6.07, 6.45) is 9.36. The van der Waals surface area contributed by atoms with Crippen molar-refractivity contribution in [1.82, 2.24) is 19.7 Å². The summed E-state index contributed by atoms with van der Waals surface area (Å²) in [5, 5.41) is 5.02. The van der Waals surface area contributed by atoms with Crippen LogP contribution in [0.1, 0.15) is 17.5 Å². The zero-order valence-corrected chi connectivity index (χ0v) is 18.7. The zero-order valence-electron chi connectivity index (χ0n) is 18.7. The van der Waals surface area contributed by atoms with Crippen molar-refractivity contribution in [3.8, 4) is 33.8 Å². The van der Waals surface area contributed by atoms with Crippen LogP contribution in [0.25, 0.3) is 28.1 Å². The summed E-state index contributed by atoms with van der Waals surface area (Å²) < 4.78 is 7.80.